The molecule has 3 aromatic rings. The summed E-state index contributed by atoms with van der Waals surface area (Å²) in [5.41, 5.74) is -1.35. The molecular formula is C26H28O16. The van der Waals surface area contributed by atoms with Gasteiger partial charge in [0.15, 0.2) is 23.5 Å². The van der Waals surface area contributed by atoms with Crippen LogP contribution in [-0.4, -0.2) is 120 Å². The Morgan fingerprint density at radius 2 is 1.50 bits per heavy atom. The van der Waals surface area contributed by atoms with Crippen molar-refractivity contribution in [1.29, 1.82) is 0 Å². The first kappa shape index (κ1) is 29.8. The summed E-state index contributed by atoms with van der Waals surface area (Å²) < 4.78 is 27.5. The molecule has 16 heteroatoms. The average Bonchev–Trinajstić information content (AvgIpc) is 2.94. The highest BCUT2D eigenvalue weighted by molar-refractivity contribution is 5.88. The first-order valence-electron chi connectivity index (χ1n) is 12.6. The van der Waals surface area contributed by atoms with Crippen LogP contribution in [0, 0.1) is 0 Å². The van der Waals surface area contributed by atoms with E-state index in [4.69, 9.17) is 23.4 Å². The minimum atomic E-state index is -1.96. The quantitative estimate of drug-likeness (QED) is 0.137. The maximum atomic E-state index is 13.5. The number of hydrogen-bond acceptors (Lipinski definition) is 16. The van der Waals surface area contributed by atoms with Crippen molar-refractivity contribution < 1.29 is 74.4 Å². The average molecular weight is 596 g/mol. The third kappa shape index (κ3) is 5.42. The molecule has 0 spiro atoms. The number of phenols is 4. The van der Waals surface area contributed by atoms with Crippen molar-refractivity contribution in [1.82, 2.24) is 0 Å². The Morgan fingerprint density at radius 3 is 2.21 bits per heavy atom. The number of phenolic OH excluding ortho intramolecular Hbond substituents is 4. The van der Waals surface area contributed by atoms with Crippen LogP contribution in [0.3, 0.4) is 0 Å². The first-order valence-corrected chi connectivity index (χ1v) is 12.6. The van der Waals surface area contributed by atoms with E-state index in [1.54, 1.807) is 0 Å². The highest BCUT2D eigenvalue weighted by Crippen LogP contribution is 2.39. The van der Waals surface area contributed by atoms with E-state index in [2.05, 4.69) is 0 Å². The number of rotatable bonds is 6. The number of ether oxygens (including phenoxy) is 4. The summed E-state index contributed by atoms with van der Waals surface area (Å²) in [5.74, 6) is -3.33. The van der Waals surface area contributed by atoms with E-state index in [1.165, 1.54) is 6.07 Å². The fourth-order valence-corrected chi connectivity index (χ4v) is 4.61. The molecule has 0 aliphatic carbocycles. The van der Waals surface area contributed by atoms with Gasteiger partial charge in [-0.05, 0) is 18.2 Å². The summed E-state index contributed by atoms with van der Waals surface area (Å²) in [6.45, 7) is -0.970. The summed E-state index contributed by atoms with van der Waals surface area (Å²) in [6, 6.07) is 5.23. The summed E-state index contributed by atoms with van der Waals surface area (Å²) >= 11 is 0. The molecule has 4 unspecified atom stereocenters. The van der Waals surface area contributed by atoms with Gasteiger partial charge in [0.25, 0.3) is 0 Å². The molecule has 42 heavy (non-hydrogen) atoms. The van der Waals surface area contributed by atoms with Crippen LogP contribution in [0.5, 0.6) is 28.7 Å². The van der Waals surface area contributed by atoms with Gasteiger partial charge in [-0.3, -0.25) is 4.79 Å². The number of benzene rings is 2. The molecule has 2 saturated heterocycles. The van der Waals surface area contributed by atoms with Crippen molar-refractivity contribution in [3.8, 4) is 40.1 Å². The van der Waals surface area contributed by atoms with Crippen LogP contribution in [0.4, 0.5) is 0 Å². The van der Waals surface area contributed by atoms with E-state index >= 15 is 0 Å². The van der Waals surface area contributed by atoms with Crippen LogP contribution < -0.4 is 10.2 Å². The van der Waals surface area contributed by atoms with Gasteiger partial charge in [0.05, 0.1) is 13.2 Å². The molecule has 1 aromatic heterocycles. The molecule has 2 fully saturated rings. The molecule has 2 aliphatic rings. The molecule has 10 N–H and O–H groups in total. The largest absolute Gasteiger partial charge is 0.508 e. The van der Waals surface area contributed by atoms with Gasteiger partial charge in [-0.25, -0.2) is 0 Å². The van der Waals surface area contributed by atoms with Gasteiger partial charge < -0.3 is 74.4 Å². The lowest BCUT2D eigenvalue weighted by Gasteiger charge is -2.41. The van der Waals surface area contributed by atoms with Gasteiger partial charge >= 0.3 is 0 Å². The third-order valence-electron chi connectivity index (χ3n) is 6.94. The molecule has 3 heterocycles. The Labute approximate surface area is 235 Å². The topological polar surface area (TPSA) is 269 Å². The van der Waals surface area contributed by atoms with Crippen LogP contribution in [0.15, 0.2) is 39.5 Å². The second-order valence-electron chi connectivity index (χ2n) is 9.85. The molecule has 0 amide bonds. The van der Waals surface area contributed by atoms with E-state index in [0.29, 0.717) is 0 Å². The molecule has 9 atom stereocenters. The van der Waals surface area contributed by atoms with Crippen LogP contribution in [0.2, 0.25) is 0 Å². The smallest absolute Gasteiger partial charge is 0.239 e. The van der Waals surface area contributed by atoms with Crippen molar-refractivity contribution in [2.24, 2.45) is 0 Å². The lowest BCUT2D eigenvalue weighted by Crippen LogP contribution is -2.61. The minimum Gasteiger partial charge on any atom is -0.508 e. The lowest BCUT2D eigenvalue weighted by atomic mass is 9.99. The normalized spacial score (nSPS) is 31.7. The van der Waals surface area contributed by atoms with Crippen molar-refractivity contribution in [2.75, 3.05) is 13.2 Å². The molecule has 0 radical (unpaired) electrons. The molecule has 16 nitrogen and oxygen atoms in total. The van der Waals surface area contributed by atoms with E-state index in [1.807, 2.05) is 0 Å². The van der Waals surface area contributed by atoms with E-state index in [0.717, 1.165) is 24.3 Å². The predicted octanol–water partition coefficient (Wildman–Crippen LogP) is -2.08. The highest BCUT2D eigenvalue weighted by atomic mass is 16.7. The number of fused-ring (bicyclic) bond motifs is 1. The van der Waals surface area contributed by atoms with Gasteiger partial charge in [0.2, 0.25) is 17.5 Å². The monoisotopic (exact) mass is 596 g/mol. The van der Waals surface area contributed by atoms with E-state index < -0.39 is 107 Å². The summed E-state index contributed by atoms with van der Waals surface area (Å²) in [6.07, 6.45) is -15.1. The van der Waals surface area contributed by atoms with E-state index in [-0.39, 0.29) is 17.8 Å². The first-order chi connectivity index (χ1) is 19.9. The Kier molecular flexibility index (Phi) is 8.17. The van der Waals surface area contributed by atoms with Crippen LogP contribution in [-0.2, 0) is 14.2 Å². The Bertz CT molecular complexity index is 1510. The summed E-state index contributed by atoms with van der Waals surface area (Å²) in [4.78, 5) is 13.5. The molecule has 0 bridgehead atoms. The SMILES string of the molecule is O=c1c(O[C@@H]2OC(CO[C@@H]3OC[C@@H](O)[C@H](O)C3O)[C@@H](O)C(O)C2O)c(-c2ccc(O)c(O)c2)oc2cc(O)cc(O)c12. The number of hydrogen-bond donors (Lipinski definition) is 10. The molecule has 2 aromatic carbocycles. The van der Waals surface area contributed by atoms with Crippen LogP contribution >= 0.6 is 0 Å². The van der Waals surface area contributed by atoms with Gasteiger partial charge in [0.1, 0.15) is 65.2 Å². The Hall–Kier alpha value is -3.71. The van der Waals surface area contributed by atoms with E-state index in [9.17, 15) is 55.9 Å². The van der Waals surface area contributed by atoms with Crippen LogP contribution in [0.25, 0.3) is 22.3 Å². The minimum absolute atomic E-state index is 0.0305. The fourth-order valence-electron chi connectivity index (χ4n) is 4.61. The Balaban J connectivity index is 1.48. The predicted molar refractivity (Wildman–Crippen MR) is 136 cm³/mol. The number of aliphatic hydroxyl groups is 6. The van der Waals surface area contributed by atoms with Gasteiger partial charge in [-0.2, -0.15) is 0 Å². The van der Waals surface area contributed by atoms with Crippen molar-refractivity contribution in [3.05, 3.63) is 40.6 Å². The van der Waals surface area contributed by atoms with Gasteiger partial charge in [-0.1, -0.05) is 0 Å². The molecule has 2 aliphatic heterocycles. The van der Waals surface area contributed by atoms with Crippen molar-refractivity contribution in [3.63, 3.8) is 0 Å². The molecular weight excluding hydrogens is 568 g/mol. The standard InChI is InChI=1S/C26H28O16/c27-9-4-12(30)16-14(5-9)40-23(8-1-2-10(28)11(29)3-8)24(19(16)34)42-26-22(37)20(35)18(33)15(41-26)7-39-25-21(36)17(32)13(31)6-38-25/h1-5,13,15,17-18,20-22,25-33,35-37H,6-7H2/t13-,15?,17+,18-,20?,21?,22?,25+,26+/m1/s1. The van der Waals surface area contributed by atoms with Gasteiger partial charge in [0, 0.05) is 17.7 Å². The summed E-state index contributed by atoms with van der Waals surface area (Å²) in [7, 11) is 0. The zero-order chi connectivity index (χ0) is 30.5. The Morgan fingerprint density at radius 1 is 0.786 bits per heavy atom. The zero-order valence-corrected chi connectivity index (χ0v) is 21.4. The molecule has 5 rings (SSSR count). The number of aromatic hydroxyl groups is 4. The molecule has 228 valence electrons. The maximum Gasteiger partial charge on any atom is 0.239 e. The second kappa shape index (κ2) is 11.5. The number of aliphatic hydroxyl groups excluding tert-OH is 6. The highest BCUT2D eigenvalue weighted by Gasteiger charge is 2.47. The lowest BCUT2D eigenvalue weighted by molar-refractivity contribution is -0.307. The van der Waals surface area contributed by atoms with Crippen molar-refractivity contribution >= 4 is 11.0 Å². The summed E-state index contributed by atoms with van der Waals surface area (Å²) in [5, 5.41) is 101. The molecule has 0 saturated carbocycles. The third-order valence-corrected chi connectivity index (χ3v) is 6.94. The maximum absolute atomic E-state index is 13.5. The van der Waals surface area contributed by atoms with Crippen molar-refractivity contribution in [2.45, 2.75) is 55.3 Å². The zero-order valence-electron chi connectivity index (χ0n) is 21.4. The van der Waals surface area contributed by atoms with Gasteiger partial charge in [-0.15, -0.1) is 0 Å². The second-order valence-corrected chi connectivity index (χ2v) is 9.85. The van der Waals surface area contributed by atoms with Crippen LogP contribution in [0.1, 0.15) is 0 Å². The fraction of sp³-hybridized carbons (Fsp3) is 0.423.